The van der Waals surface area contributed by atoms with Crippen molar-refractivity contribution in [2.24, 2.45) is 5.92 Å². The Morgan fingerprint density at radius 3 is 2.88 bits per heavy atom. The Hall–Kier alpha value is -0.100. The molecule has 1 aromatic rings. The molecule has 0 amide bonds. The molecular formula is C10H14ClNO2S2. The summed E-state index contributed by atoms with van der Waals surface area (Å²) in [6, 6.07) is 3.87. The SMILES string of the molecule is O=S1(=O)CCC(CNCc2ccc(Cl)s2)C1. The van der Waals surface area contributed by atoms with Crippen molar-refractivity contribution in [3.63, 3.8) is 0 Å². The highest BCUT2D eigenvalue weighted by Crippen LogP contribution is 2.21. The quantitative estimate of drug-likeness (QED) is 0.916. The van der Waals surface area contributed by atoms with Gasteiger partial charge in [-0.25, -0.2) is 8.42 Å². The van der Waals surface area contributed by atoms with Crippen LogP contribution in [0.4, 0.5) is 0 Å². The zero-order chi connectivity index (χ0) is 11.6. The molecule has 2 rings (SSSR count). The van der Waals surface area contributed by atoms with E-state index in [1.54, 1.807) is 11.3 Å². The highest BCUT2D eigenvalue weighted by atomic mass is 35.5. The Morgan fingerprint density at radius 1 is 1.50 bits per heavy atom. The van der Waals surface area contributed by atoms with Crippen molar-refractivity contribution in [2.75, 3.05) is 18.1 Å². The van der Waals surface area contributed by atoms with Crippen LogP contribution in [0.25, 0.3) is 0 Å². The molecule has 0 spiro atoms. The van der Waals surface area contributed by atoms with Gasteiger partial charge in [-0.15, -0.1) is 11.3 Å². The minimum Gasteiger partial charge on any atom is -0.312 e. The number of hydrogen-bond acceptors (Lipinski definition) is 4. The van der Waals surface area contributed by atoms with Crippen LogP contribution < -0.4 is 5.32 Å². The fourth-order valence-corrected chi connectivity index (χ4v) is 4.80. The number of sulfone groups is 1. The van der Waals surface area contributed by atoms with Crippen molar-refractivity contribution in [1.29, 1.82) is 0 Å². The van der Waals surface area contributed by atoms with Crippen LogP contribution in [-0.4, -0.2) is 26.5 Å². The highest BCUT2D eigenvalue weighted by Gasteiger charge is 2.27. The van der Waals surface area contributed by atoms with E-state index in [1.807, 2.05) is 12.1 Å². The molecule has 90 valence electrons. The molecule has 1 unspecified atom stereocenters. The topological polar surface area (TPSA) is 46.2 Å². The maximum atomic E-state index is 11.2. The summed E-state index contributed by atoms with van der Waals surface area (Å²) in [6.45, 7) is 1.54. The van der Waals surface area contributed by atoms with Crippen LogP contribution >= 0.6 is 22.9 Å². The third-order valence-corrected chi connectivity index (χ3v) is 5.76. The summed E-state index contributed by atoms with van der Waals surface area (Å²) in [6.07, 6.45) is 0.792. The zero-order valence-electron chi connectivity index (χ0n) is 8.78. The summed E-state index contributed by atoms with van der Waals surface area (Å²) in [5.41, 5.74) is 0. The third-order valence-electron chi connectivity index (χ3n) is 2.69. The average molecular weight is 280 g/mol. The Kier molecular flexibility index (Phi) is 3.89. The molecular weight excluding hydrogens is 266 g/mol. The van der Waals surface area contributed by atoms with Gasteiger partial charge in [-0.1, -0.05) is 11.6 Å². The smallest absolute Gasteiger partial charge is 0.150 e. The Balaban J connectivity index is 1.73. The Bertz CT molecular complexity index is 455. The van der Waals surface area contributed by atoms with Gasteiger partial charge >= 0.3 is 0 Å². The minimum absolute atomic E-state index is 0.278. The van der Waals surface area contributed by atoms with Crippen LogP contribution in [0.2, 0.25) is 4.34 Å². The summed E-state index contributed by atoms with van der Waals surface area (Å²) < 4.78 is 23.3. The van der Waals surface area contributed by atoms with Crippen molar-refractivity contribution in [2.45, 2.75) is 13.0 Å². The van der Waals surface area contributed by atoms with E-state index in [9.17, 15) is 8.42 Å². The molecule has 1 aliphatic rings. The maximum absolute atomic E-state index is 11.2. The van der Waals surface area contributed by atoms with Crippen LogP contribution in [0.5, 0.6) is 0 Å². The molecule has 1 aromatic heterocycles. The van der Waals surface area contributed by atoms with Crippen molar-refractivity contribution < 1.29 is 8.42 Å². The molecule has 0 aromatic carbocycles. The molecule has 6 heteroatoms. The van der Waals surface area contributed by atoms with E-state index < -0.39 is 9.84 Å². The number of rotatable bonds is 4. The largest absolute Gasteiger partial charge is 0.312 e. The second-order valence-electron chi connectivity index (χ2n) is 4.11. The van der Waals surface area contributed by atoms with Gasteiger partial charge in [-0.05, 0) is 31.0 Å². The molecule has 3 nitrogen and oxygen atoms in total. The number of halogens is 1. The lowest BCUT2D eigenvalue weighted by atomic mass is 10.1. The van der Waals surface area contributed by atoms with E-state index >= 15 is 0 Å². The second kappa shape index (κ2) is 5.04. The van der Waals surface area contributed by atoms with Gasteiger partial charge in [0.2, 0.25) is 0 Å². The van der Waals surface area contributed by atoms with Gasteiger partial charge in [0.05, 0.1) is 15.8 Å². The molecule has 0 saturated carbocycles. The summed E-state index contributed by atoms with van der Waals surface area (Å²) >= 11 is 7.37. The first-order chi connectivity index (χ1) is 7.55. The summed E-state index contributed by atoms with van der Waals surface area (Å²) in [5.74, 6) is 0.968. The first kappa shape index (κ1) is 12.4. The molecule has 0 aliphatic carbocycles. The summed E-state index contributed by atoms with van der Waals surface area (Å²) in [7, 11) is -2.74. The first-order valence-electron chi connectivity index (χ1n) is 5.20. The molecule has 1 fully saturated rings. The number of hydrogen-bond donors (Lipinski definition) is 1. The molecule has 1 aliphatic heterocycles. The highest BCUT2D eigenvalue weighted by molar-refractivity contribution is 7.91. The summed E-state index contributed by atoms with van der Waals surface area (Å²) in [5, 5.41) is 3.28. The van der Waals surface area contributed by atoms with Gasteiger partial charge < -0.3 is 5.32 Å². The van der Waals surface area contributed by atoms with Gasteiger partial charge in [0, 0.05) is 11.4 Å². The van der Waals surface area contributed by atoms with E-state index in [-0.39, 0.29) is 5.92 Å². The van der Waals surface area contributed by atoms with Gasteiger partial charge in [0.1, 0.15) is 0 Å². The van der Waals surface area contributed by atoms with Crippen molar-refractivity contribution in [1.82, 2.24) is 5.32 Å². The lowest BCUT2D eigenvalue weighted by Crippen LogP contribution is -2.22. The van der Waals surface area contributed by atoms with Crippen LogP contribution in [0, 0.1) is 5.92 Å². The van der Waals surface area contributed by atoms with Crippen molar-refractivity contribution >= 4 is 32.8 Å². The molecule has 1 saturated heterocycles. The first-order valence-corrected chi connectivity index (χ1v) is 8.22. The maximum Gasteiger partial charge on any atom is 0.150 e. The lowest BCUT2D eigenvalue weighted by Gasteiger charge is -2.08. The van der Waals surface area contributed by atoms with Crippen LogP contribution in [0.1, 0.15) is 11.3 Å². The fourth-order valence-electron chi connectivity index (χ4n) is 1.88. The van der Waals surface area contributed by atoms with E-state index in [2.05, 4.69) is 5.32 Å². The standard InChI is InChI=1S/C10H14ClNO2S2/c11-10-2-1-9(15-10)6-12-5-8-3-4-16(13,14)7-8/h1-2,8,12H,3-7H2. The number of nitrogens with one attached hydrogen (secondary N) is 1. The van der Waals surface area contributed by atoms with Gasteiger partial charge in [-0.2, -0.15) is 0 Å². The van der Waals surface area contributed by atoms with E-state index in [4.69, 9.17) is 11.6 Å². The second-order valence-corrected chi connectivity index (χ2v) is 8.13. The van der Waals surface area contributed by atoms with Gasteiger partial charge in [0.25, 0.3) is 0 Å². The monoisotopic (exact) mass is 279 g/mol. The fraction of sp³-hybridized carbons (Fsp3) is 0.600. The molecule has 0 bridgehead atoms. The minimum atomic E-state index is -2.74. The average Bonchev–Trinajstić information content (AvgIpc) is 2.73. The Labute approximate surface area is 105 Å². The normalized spacial score (nSPS) is 23.7. The van der Waals surface area contributed by atoms with Crippen molar-refractivity contribution in [3.8, 4) is 0 Å². The van der Waals surface area contributed by atoms with Crippen LogP contribution in [0.15, 0.2) is 12.1 Å². The lowest BCUT2D eigenvalue weighted by molar-refractivity contribution is 0.522. The zero-order valence-corrected chi connectivity index (χ0v) is 11.2. The number of thiophene rings is 1. The molecule has 0 radical (unpaired) electrons. The Morgan fingerprint density at radius 2 is 2.31 bits per heavy atom. The predicted molar refractivity (Wildman–Crippen MR) is 67.8 cm³/mol. The third kappa shape index (κ3) is 3.45. The van der Waals surface area contributed by atoms with E-state index in [0.29, 0.717) is 11.5 Å². The molecule has 1 atom stereocenters. The summed E-state index contributed by atoms with van der Waals surface area (Å²) in [4.78, 5) is 1.19. The van der Waals surface area contributed by atoms with Gasteiger partial charge in [-0.3, -0.25) is 0 Å². The molecule has 16 heavy (non-hydrogen) atoms. The molecule has 1 N–H and O–H groups in total. The van der Waals surface area contributed by atoms with Crippen LogP contribution in [-0.2, 0) is 16.4 Å². The van der Waals surface area contributed by atoms with E-state index in [0.717, 1.165) is 23.8 Å². The molecule has 2 heterocycles. The predicted octanol–water partition coefficient (Wildman–Crippen LogP) is 1.93. The van der Waals surface area contributed by atoms with E-state index in [1.165, 1.54) is 4.88 Å². The van der Waals surface area contributed by atoms with Crippen molar-refractivity contribution in [3.05, 3.63) is 21.3 Å². The van der Waals surface area contributed by atoms with Crippen LogP contribution in [0.3, 0.4) is 0 Å². The van der Waals surface area contributed by atoms with Gasteiger partial charge in [0.15, 0.2) is 9.84 Å².